The second kappa shape index (κ2) is 8.26. The molecule has 1 atom stereocenters. The van der Waals surface area contributed by atoms with Crippen molar-refractivity contribution in [3.8, 4) is 0 Å². The van der Waals surface area contributed by atoms with E-state index >= 15 is 0 Å². The second-order valence-corrected chi connectivity index (χ2v) is 7.01. The molecule has 1 unspecified atom stereocenters. The molecule has 5 nitrogen and oxygen atoms in total. The Kier molecular flexibility index (Phi) is 6.36. The first-order chi connectivity index (χ1) is 11.0. The highest BCUT2D eigenvalue weighted by Gasteiger charge is 2.30. The van der Waals surface area contributed by atoms with Crippen LogP contribution in [0.4, 0.5) is 0 Å². The van der Waals surface area contributed by atoms with E-state index in [1.807, 2.05) is 29.3 Å². The number of carbonyl (C=O) groups excluding carboxylic acids is 2. The summed E-state index contributed by atoms with van der Waals surface area (Å²) in [6.45, 7) is 8.33. The first-order valence-corrected chi connectivity index (χ1v) is 8.86. The van der Waals surface area contributed by atoms with Gasteiger partial charge in [-0.2, -0.15) is 0 Å². The zero-order valence-electron chi connectivity index (χ0n) is 13.6. The van der Waals surface area contributed by atoms with Crippen LogP contribution in [0.15, 0.2) is 30.2 Å². The van der Waals surface area contributed by atoms with Crippen LogP contribution in [0, 0.1) is 5.92 Å². The summed E-state index contributed by atoms with van der Waals surface area (Å²) >= 11 is 1.65. The number of hydrogen-bond acceptors (Lipinski definition) is 4. The van der Waals surface area contributed by atoms with E-state index in [0.717, 1.165) is 25.9 Å². The Balaban J connectivity index is 1.96. The number of nitrogens with two attached hydrogens (primary N) is 1. The van der Waals surface area contributed by atoms with Crippen molar-refractivity contribution in [1.29, 1.82) is 0 Å². The summed E-state index contributed by atoms with van der Waals surface area (Å²) in [4.78, 5) is 29.2. The topological polar surface area (TPSA) is 66.6 Å². The Morgan fingerprint density at radius 2 is 2.22 bits per heavy atom. The maximum Gasteiger partial charge on any atom is 0.240 e. The van der Waals surface area contributed by atoms with Crippen molar-refractivity contribution in [3.05, 3.63) is 35.0 Å². The average Bonchev–Trinajstić information content (AvgIpc) is 3.06. The molecule has 23 heavy (non-hydrogen) atoms. The molecular weight excluding hydrogens is 310 g/mol. The van der Waals surface area contributed by atoms with E-state index in [-0.39, 0.29) is 23.8 Å². The number of rotatable bonds is 7. The van der Waals surface area contributed by atoms with Gasteiger partial charge in [0.05, 0.1) is 12.6 Å². The summed E-state index contributed by atoms with van der Waals surface area (Å²) in [5.74, 6) is -0.172. The molecule has 0 bridgehead atoms. The van der Waals surface area contributed by atoms with E-state index in [1.165, 1.54) is 4.88 Å². The number of piperidine rings is 1. The third kappa shape index (κ3) is 4.65. The van der Waals surface area contributed by atoms with Gasteiger partial charge >= 0.3 is 0 Å². The van der Waals surface area contributed by atoms with Gasteiger partial charge in [-0.05, 0) is 44.3 Å². The Hall–Kier alpha value is -1.66. The van der Waals surface area contributed by atoms with Gasteiger partial charge in [-0.25, -0.2) is 0 Å². The minimum atomic E-state index is -0.227. The van der Waals surface area contributed by atoms with Gasteiger partial charge < -0.3 is 10.6 Å². The van der Waals surface area contributed by atoms with E-state index in [0.29, 0.717) is 13.1 Å². The molecule has 6 heteroatoms. The van der Waals surface area contributed by atoms with Crippen LogP contribution in [-0.2, 0) is 16.1 Å². The fraction of sp³-hybridized carbons (Fsp3) is 0.529. The Bertz CT molecular complexity index is 536. The minimum Gasteiger partial charge on any atom is -0.369 e. The third-order valence-corrected chi connectivity index (χ3v) is 5.29. The number of carbonyl (C=O) groups is 2. The monoisotopic (exact) mass is 335 g/mol. The lowest BCUT2D eigenvalue weighted by atomic mass is 9.95. The molecule has 1 aromatic rings. The van der Waals surface area contributed by atoms with Gasteiger partial charge in [0, 0.05) is 17.3 Å². The van der Waals surface area contributed by atoms with E-state index < -0.39 is 0 Å². The highest BCUT2D eigenvalue weighted by atomic mass is 32.1. The molecule has 1 aromatic heterocycles. The highest BCUT2D eigenvalue weighted by molar-refractivity contribution is 7.09. The Labute approximate surface area is 141 Å². The maximum absolute atomic E-state index is 12.8. The predicted molar refractivity (Wildman–Crippen MR) is 92.9 cm³/mol. The van der Waals surface area contributed by atoms with E-state index in [4.69, 9.17) is 5.73 Å². The van der Waals surface area contributed by atoms with Gasteiger partial charge in [0.25, 0.3) is 0 Å². The van der Waals surface area contributed by atoms with E-state index in [2.05, 4.69) is 11.5 Å². The zero-order chi connectivity index (χ0) is 16.8. The second-order valence-electron chi connectivity index (χ2n) is 5.98. The summed E-state index contributed by atoms with van der Waals surface area (Å²) in [6, 6.07) is 3.84. The number of nitrogens with zero attached hydrogens (tertiary/aromatic N) is 2. The first-order valence-electron chi connectivity index (χ1n) is 7.98. The molecular formula is C17H25N3O2S. The molecule has 0 aliphatic carbocycles. The van der Waals surface area contributed by atoms with Crippen LogP contribution in [0.5, 0.6) is 0 Å². The normalized spacial score (nSPS) is 17.6. The molecule has 2 N–H and O–H groups in total. The predicted octanol–water partition coefficient (Wildman–Crippen LogP) is 1.85. The van der Waals surface area contributed by atoms with Crippen molar-refractivity contribution < 1.29 is 9.59 Å². The molecule has 2 heterocycles. The molecule has 1 saturated heterocycles. The van der Waals surface area contributed by atoms with Gasteiger partial charge in [0.2, 0.25) is 11.8 Å². The summed E-state index contributed by atoms with van der Waals surface area (Å²) in [7, 11) is 0. The molecule has 126 valence electrons. The largest absolute Gasteiger partial charge is 0.369 e. The van der Waals surface area contributed by atoms with Crippen molar-refractivity contribution in [1.82, 2.24) is 9.80 Å². The van der Waals surface area contributed by atoms with Crippen LogP contribution < -0.4 is 5.73 Å². The van der Waals surface area contributed by atoms with Gasteiger partial charge in [0.15, 0.2) is 0 Å². The van der Waals surface area contributed by atoms with Crippen LogP contribution >= 0.6 is 11.3 Å². The molecule has 0 radical (unpaired) electrons. The van der Waals surface area contributed by atoms with Crippen LogP contribution in [0.25, 0.3) is 0 Å². The number of thiophene rings is 1. The van der Waals surface area contributed by atoms with Crippen molar-refractivity contribution in [2.75, 3.05) is 19.6 Å². The molecule has 0 saturated carbocycles. The van der Waals surface area contributed by atoms with Crippen LogP contribution in [-0.4, -0.2) is 47.3 Å². The van der Waals surface area contributed by atoms with Crippen LogP contribution in [0.2, 0.25) is 0 Å². The molecule has 0 aromatic carbocycles. The molecule has 1 aliphatic heterocycles. The number of primary amides is 1. The number of likely N-dealkylation sites (tertiary alicyclic amines) is 1. The van der Waals surface area contributed by atoms with Crippen LogP contribution in [0.3, 0.4) is 0 Å². The summed E-state index contributed by atoms with van der Waals surface area (Å²) in [5, 5.41) is 2.02. The van der Waals surface area contributed by atoms with Gasteiger partial charge in [-0.15, -0.1) is 17.9 Å². The quantitative estimate of drug-likeness (QED) is 0.773. The maximum atomic E-state index is 12.8. The van der Waals surface area contributed by atoms with E-state index in [9.17, 15) is 9.59 Å². The minimum absolute atomic E-state index is 0.0519. The van der Waals surface area contributed by atoms with Crippen molar-refractivity contribution in [3.63, 3.8) is 0 Å². The lowest BCUT2D eigenvalue weighted by molar-refractivity contribution is -0.137. The van der Waals surface area contributed by atoms with Gasteiger partial charge in [-0.1, -0.05) is 12.1 Å². The number of hydrogen-bond donors (Lipinski definition) is 1. The first kappa shape index (κ1) is 17.7. The van der Waals surface area contributed by atoms with Crippen molar-refractivity contribution >= 4 is 23.2 Å². The zero-order valence-corrected chi connectivity index (χ0v) is 14.4. The summed E-state index contributed by atoms with van der Waals surface area (Å²) in [6.07, 6.45) is 3.23. The van der Waals surface area contributed by atoms with Gasteiger partial charge in [0.1, 0.15) is 0 Å². The molecule has 2 rings (SSSR count). The fourth-order valence-electron chi connectivity index (χ4n) is 2.97. The lowest BCUT2D eigenvalue weighted by Crippen LogP contribution is -2.50. The molecule has 1 fully saturated rings. The highest BCUT2D eigenvalue weighted by Crippen LogP contribution is 2.20. The third-order valence-electron chi connectivity index (χ3n) is 4.42. The lowest BCUT2D eigenvalue weighted by Gasteiger charge is -2.36. The molecule has 2 amide bonds. The standard InChI is InChI=1S/C17H25N3O2S/c1-3-8-20(12-15-5-4-11-23-15)17(22)13(2)19-9-6-14(7-10-19)16(18)21/h3-5,11,13-14H,1,6-10,12H2,2H3,(H2,18,21). The average molecular weight is 335 g/mol. The van der Waals surface area contributed by atoms with Crippen molar-refractivity contribution in [2.45, 2.75) is 32.4 Å². The van der Waals surface area contributed by atoms with Crippen molar-refractivity contribution in [2.24, 2.45) is 11.7 Å². The summed E-state index contributed by atoms with van der Waals surface area (Å²) < 4.78 is 0. The van der Waals surface area contributed by atoms with E-state index in [1.54, 1.807) is 17.4 Å². The van der Waals surface area contributed by atoms with Gasteiger partial charge in [-0.3, -0.25) is 14.5 Å². The number of amides is 2. The Morgan fingerprint density at radius 1 is 1.52 bits per heavy atom. The fourth-order valence-corrected chi connectivity index (χ4v) is 3.69. The molecule has 1 aliphatic rings. The smallest absolute Gasteiger partial charge is 0.240 e. The summed E-state index contributed by atoms with van der Waals surface area (Å²) in [5.41, 5.74) is 5.37. The van der Waals surface area contributed by atoms with Crippen LogP contribution in [0.1, 0.15) is 24.6 Å². The SMILES string of the molecule is C=CCN(Cc1cccs1)C(=O)C(C)N1CCC(C(N)=O)CC1. The molecule has 0 spiro atoms. The Morgan fingerprint density at radius 3 is 2.74 bits per heavy atom.